The Hall–Kier alpha value is -2.86. The lowest BCUT2D eigenvalue weighted by atomic mass is 10.3. The monoisotopic (exact) mass is 455 g/mol. The number of hydrazone groups is 1. The molecule has 0 aliphatic heterocycles. The van der Waals surface area contributed by atoms with Crippen molar-refractivity contribution >= 4 is 43.4 Å². The lowest BCUT2D eigenvalue weighted by Crippen LogP contribution is -2.23. The van der Waals surface area contributed by atoms with Crippen molar-refractivity contribution in [2.75, 3.05) is 7.05 Å². The van der Waals surface area contributed by atoms with Gasteiger partial charge in [-0.15, -0.1) is 0 Å². The maximum Gasteiger partial charge on any atom is 0.281 e. The number of hydrogen-bond acceptors (Lipinski definition) is 6. The molecule has 9 nitrogen and oxygen atoms in total. The molecule has 2 aromatic heterocycles. The number of nitro groups is 1. The van der Waals surface area contributed by atoms with Gasteiger partial charge < -0.3 is 0 Å². The number of non-ortho nitro benzene ring substituents is 1. The maximum absolute atomic E-state index is 14.0. The smallest absolute Gasteiger partial charge is 0.258 e. The molecule has 3 aromatic rings. The first-order chi connectivity index (χ1) is 12.7. The van der Waals surface area contributed by atoms with E-state index in [1.54, 1.807) is 22.8 Å². The fourth-order valence-electron chi connectivity index (χ4n) is 2.22. The van der Waals surface area contributed by atoms with E-state index in [0.29, 0.717) is 21.6 Å². The Labute approximate surface area is 161 Å². The van der Waals surface area contributed by atoms with Gasteiger partial charge in [0.1, 0.15) is 10.7 Å². The number of pyridine rings is 1. The minimum Gasteiger partial charge on any atom is -0.258 e. The van der Waals surface area contributed by atoms with Gasteiger partial charge in [0.2, 0.25) is 0 Å². The fourth-order valence-corrected chi connectivity index (χ4v) is 3.60. The van der Waals surface area contributed by atoms with Gasteiger partial charge in [0.05, 0.1) is 22.9 Å². The largest absolute Gasteiger partial charge is 0.281 e. The van der Waals surface area contributed by atoms with E-state index < -0.39 is 31.3 Å². The lowest BCUT2D eigenvalue weighted by molar-refractivity contribution is -0.385. The summed E-state index contributed by atoms with van der Waals surface area (Å²) in [5.41, 5.74) is 0.651. The van der Waals surface area contributed by atoms with Crippen molar-refractivity contribution in [3.05, 3.63) is 68.7 Å². The molecule has 0 N–H and O–H groups in total. The number of sulfonamides is 1. The van der Waals surface area contributed by atoms with Crippen LogP contribution >= 0.6 is 15.9 Å². The molecule has 0 unspecified atom stereocenters. The number of aromatic nitrogens is 2. The average Bonchev–Trinajstić information content (AvgIpc) is 3.01. The summed E-state index contributed by atoms with van der Waals surface area (Å²) < 4.78 is 41.9. The van der Waals surface area contributed by atoms with Gasteiger partial charge in [-0.3, -0.25) is 10.1 Å². The molecule has 0 fully saturated rings. The maximum atomic E-state index is 14.0. The number of nitrogens with zero attached hydrogens (tertiary/aromatic N) is 5. The third kappa shape index (κ3) is 3.66. The van der Waals surface area contributed by atoms with E-state index in [1.807, 2.05) is 0 Å². The summed E-state index contributed by atoms with van der Waals surface area (Å²) in [4.78, 5) is 9.19. The topological polar surface area (TPSA) is 110 Å². The highest BCUT2D eigenvalue weighted by Crippen LogP contribution is 2.24. The molecule has 0 aliphatic carbocycles. The molecule has 0 radical (unpaired) electrons. The molecular weight excluding hydrogens is 445 g/mol. The summed E-state index contributed by atoms with van der Waals surface area (Å²) >= 11 is 3.33. The van der Waals surface area contributed by atoms with Crippen LogP contribution in [0.1, 0.15) is 5.56 Å². The molecular formula is C15H11BrFN5O4S. The Balaban J connectivity index is 1.96. The second-order valence-electron chi connectivity index (χ2n) is 5.33. The summed E-state index contributed by atoms with van der Waals surface area (Å²) in [6, 6.07) is 5.81. The molecule has 0 saturated heterocycles. The first-order valence-corrected chi connectivity index (χ1v) is 9.53. The molecule has 0 spiro atoms. The number of nitro benzene ring substituents is 1. The fraction of sp³-hybridized carbons (Fsp3) is 0.0667. The molecule has 3 rings (SSSR count). The summed E-state index contributed by atoms with van der Waals surface area (Å²) in [6.45, 7) is 0. The SMILES string of the molecule is CN(/N=C/c1cnn2ccc(Br)cc12)S(=O)(=O)c1cc([N+](=O)[O-])ccc1F. The van der Waals surface area contributed by atoms with E-state index in [-0.39, 0.29) is 0 Å². The first-order valence-electron chi connectivity index (χ1n) is 7.30. The number of rotatable bonds is 5. The van der Waals surface area contributed by atoms with E-state index >= 15 is 0 Å². The normalized spacial score (nSPS) is 12.0. The minimum atomic E-state index is -4.42. The van der Waals surface area contributed by atoms with Gasteiger partial charge in [0.15, 0.2) is 0 Å². The highest BCUT2D eigenvalue weighted by Gasteiger charge is 2.26. The summed E-state index contributed by atoms with van der Waals surface area (Å²) in [6.07, 6.45) is 4.44. The van der Waals surface area contributed by atoms with Crippen LogP contribution in [0.25, 0.3) is 5.52 Å². The van der Waals surface area contributed by atoms with Crippen molar-refractivity contribution < 1.29 is 17.7 Å². The highest BCUT2D eigenvalue weighted by atomic mass is 79.9. The van der Waals surface area contributed by atoms with Gasteiger partial charge >= 0.3 is 0 Å². The van der Waals surface area contributed by atoms with Crippen LogP contribution in [-0.4, -0.2) is 40.6 Å². The van der Waals surface area contributed by atoms with E-state index in [0.717, 1.165) is 23.7 Å². The summed E-state index contributed by atoms with van der Waals surface area (Å²) in [7, 11) is -3.32. The van der Waals surface area contributed by atoms with Gasteiger partial charge in [-0.05, 0) is 18.2 Å². The molecule has 1 aromatic carbocycles. The van der Waals surface area contributed by atoms with Crippen LogP contribution in [0.2, 0.25) is 0 Å². The van der Waals surface area contributed by atoms with Crippen LogP contribution in [0.4, 0.5) is 10.1 Å². The van der Waals surface area contributed by atoms with Crippen LogP contribution in [-0.2, 0) is 10.0 Å². The molecule has 27 heavy (non-hydrogen) atoms. The van der Waals surface area contributed by atoms with E-state index in [2.05, 4.69) is 26.1 Å². The third-order valence-electron chi connectivity index (χ3n) is 3.62. The molecule has 0 amide bonds. The van der Waals surface area contributed by atoms with Gasteiger partial charge in [0.25, 0.3) is 15.7 Å². The Kier molecular flexibility index (Phi) is 4.93. The first kappa shape index (κ1) is 18.9. The molecule has 0 aliphatic rings. The zero-order valence-corrected chi connectivity index (χ0v) is 16.1. The predicted molar refractivity (Wildman–Crippen MR) is 98.5 cm³/mol. The zero-order valence-electron chi connectivity index (χ0n) is 13.7. The predicted octanol–water partition coefficient (Wildman–Crippen LogP) is 2.80. The molecule has 12 heteroatoms. The Bertz CT molecular complexity index is 1180. The van der Waals surface area contributed by atoms with Gasteiger partial charge in [-0.2, -0.15) is 23.0 Å². The van der Waals surface area contributed by atoms with Crippen LogP contribution in [0, 0.1) is 15.9 Å². The van der Waals surface area contributed by atoms with Crippen molar-refractivity contribution in [2.24, 2.45) is 5.10 Å². The Morgan fingerprint density at radius 2 is 2.11 bits per heavy atom. The summed E-state index contributed by atoms with van der Waals surface area (Å²) in [5, 5.41) is 18.8. The van der Waals surface area contributed by atoms with E-state index in [1.165, 1.54) is 12.4 Å². The Morgan fingerprint density at radius 3 is 2.81 bits per heavy atom. The molecule has 0 saturated carbocycles. The highest BCUT2D eigenvalue weighted by molar-refractivity contribution is 9.10. The quantitative estimate of drug-likeness (QED) is 0.333. The number of halogens is 2. The number of fused-ring (bicyclic) bond motifs is 1. The minimum absolute atomic E-state index is 0.526. The standard InChI is InChI=1S/C15H11BrFN5O4S/c1-20(18-8-10-9-19-21-5-4-11(16)6-14(10)21)27(25,26)15-7-12(22(23)24)2-3-13(15)17/h2-9H,1H3/b18-8+. The van der Waals surface area contributed by atoms with Crippen LogP contribution in [0.3, 0.4) is 0 Å². The van der Waals surface area contributed by atoms with Crippen molar-refractivity contribution in [2.45, 2.75) is 4.90 Å². The molecule has 140 valence electrons. The lowest BCUT2D eigenvalue weighted by Gasteiger charge is -2.13. The Morgan fingerprint density at radius 1 is 1.37 bits per heavy atom. The van der Waals surface area contributed by atoms with Gasteiger partial charge in [-0.25, -0.2) is 8.91 Å². The number of hydrogen-bond donors (Lipinski definition) is 0. The zero-order chi connectivity index (χ0) is 19.8. The molecule has 0 bridgehead atoms. The van der Waals surface area contributed by atoms with Crippen LogP contribution < -0.4 is 0 Å². The van der Waals surface area contributed by atoms with Crippen molar-refractivity contribution in [1.29, 1.82) is 0 Å². The van der Waals surface area contributed by atoms with Crippen molar-refractivity contribution in [1.82, 2.24) is 14.0 Å². The third-order valence-corrected chi connectivity index (χ3v) is 5.78. The van der Waals surface area contributed by atoms with Crippen LogP contribution in [0.5, 0.6) is 0 Å². The second-order valence-corrected chi connectivity index (χ2v) is 8.16. The van der Waals surface area contributed by atoms with Gasteiger partial charge in [0, 0.05) is 35.4 Å². The van der Waals surface area contributed by atoms with Crippen molar-refractivity contribution in [3.63, 3.8) is 0 Å². The van der Waals surface area contributed by atoms with Gasteiger partial charge in [-0.1, -0.05) is 15.9 Å². The van der Waals surface area contributed by atoms with E-state index in [9.17, 15) is 22.9 Å². The van der Waals surface area contributed by atoms with Crippen molar-refractivity contribution in [3.8, 4) is 0 Å². The van der Waals surface area contributed by atoms with Crippen LogP contribution in [0.15, 0.2) is 57.2 Å². The summed E-state index contributed by atoms with van der Waals surface area (Å²) in [5.74, 6) is -1.11. The van der Waals surface area contributed by atoms with E-state index in [4.69, 9.17) is 0 Å². The number of benzene rings is 1. The molecule has 2 heterocycles. The second kappa shape index (κ2) is 7.04. The average molecular weight is 456 g/mol. The molecule has 0 atom stereocenters.